The highest BCUT2D eigenvalue weighted by atomic mass is 35.5. The maximum absolute atomic E-state index is 11.0. The number of hydrogen-bond donors (Lipinski definition) is 2. The average molecular weight is 445 g/mol. The van der Waals surface area contributed by atoms with Crippen molar-refractivity contribution in [3.63, 3.8) is 0 Å². The molecule has 0 aliphatic heterocycles. The molecule has 0 bridgehead atoms. The quantitative estimate of drug-likeness (QED) is 0.363. The van der Waals surface area contributed by atoms with Gasteiger partial charge in [-0.25, -0.2) is 4.98 Å². The number of hydrogen-bond acceptors (Lipinski definition) is 4. The first kappa shape index (κ1) is 19.8. The highest BCUT2D eigenvalue weighted by Gasteiger charge is 2.24. The summed E-state index contributed by atoms with van der Waals surface area (Å²) in [6.07, 6.45) is 1.61. The van der Waals surface area contributed by atoms with Crippen LogP contribution in [0.15, 0.2) is 60.8 Å². The first-order valence-corrected chi connectivity index (χ1v) is 9.98. The molecule has 1 unspecified atom stereocenters. The van der Waals surface area contributed by atoms with Gasteiger partial charge < -0.3 is 10.4 Å². The predicted molar refractivity (Wildman–Crippen MR) is 119 cm³/mol. The Labute approximate surface area is 183 Å². The fourth-order valence-corrected chi connectivity index (χ4v) is 4.04. The highest BCUT2D eigenvalue weighted by molar-refractivity contribution is 6.36. The van der Waals surface area contributed by atoms with Gasteiger partial charge in [0, 0.05) is 32.9 Å². The summed E-state index contributed by atoms with van der Waals surface area (Å²) in [6.45, 7) is 1.91. The van der Waals surface area contributed by atoms with E-state index in [9.17, 15) is 5.11 Å². The van der Waals surface area contributed by atoms with E-state index in [1.54, 1.807) is 30.5 Å². The minimum Gasteiger partial charge on any atom is -0.505 e. The Morgan fingerprint density at radius 2 is 1.76 bits per heavy atom. The topological polar surface area (TPSA) is 58.0 Å². The normalized spacial score (nSPS) is 12.1. The summed E-state index contributed by atoms with van der Waals surface area (Å²) in [4.78, 5) is 8.82. The summed E-state index contributed by atoms with van der Waals surface area (Å²) in [5.41, 5.74) is 2.54. The second-order valence-electron chi connectivity index (χ2n) is 6.60. The zero-order chi connectivity index (χ0) is 20.5. The lowest BCUT2D eigenvalue weighted by Gasteiger charge is -2.23. The van der Waals surface area contributed by atoms with Crippen molar-refractivity contribution < 1.29 is 5.11 Å². The monoisotopic (exact) mass is 443 g/mol. The van der Waals surface area contributed by atoms with Crippen molar-refractivity contribution >= 4 is 51.5 Å². The smallest absolute Gasteiger partial charge is 0.147 e. The zero-order valence-electron chi connectivity index (χ0n) is 15.3. The van der Waals surface area contributed by atoms with Crippen LogP contribution in [0.3, 0.4) is 0 Å². The van der Waals surface area contributed by atoms with Crippen LogP contribution in [0.5, 0.6) is 5.75 Å². The maximum atomic E-state index is 11.0. The molecule has 7 heteroatoms. The third-order valence-electron chi connectivity index (χ3n) is 4.61. The molecule has 2 N–H and O–H groups in total. The van der Waals surface area contributed by atoms with Crippen molar-refractivity contribution in [2.24, 2.45) is 0 Å². The Morgan fingerprint density at radius 1 is 0.931 bits per heavy atom. The van der Waals surface area contributed by atoms with E-state index in [2.05, 4.69) is 15.3 Å². The largest absolute Gasteiger partial charge is 0.505 e. The summed E-state index contributed by atoms with van der Waals surface area (Å²) in [7, 11) is 0. The van der Waals surface area contributed by atoms with Gasteiger partial charge in [-0.3, -0.25) is 4.98 Å². The molecule has 0 saturated heterocycles. The van der Waals surface area contributed by atoms with Gasteiger partial charge in [0.1, 0.15) is 17.1 Å². The van der Waals surface area contributed by atoms with Gasteiger partial charge in [0.2, 0.25) is 0 Å². The van der Waals surface area contributed by atoms with Gasteiger partial charge in [-0.2, -0.15) is 0 Å². The van der Waals surface area contributed by atoms with Crippen molar-refractivity contribution in [3.05, 3.63) is 92.7 Å². The Bertz CT molecular complexity index is 1210. The second-order valence-corrected chi connectivity index (χ2v) is 7.85. The number of fused-ring (bicyclic) bond motifs is 1. The highest BCUT2D eigenvalue weighted by Crippen LogP contribution is 2.41. The number of halogens is 3. The third-order valence-corrected chi connectivity index (χ3v) is 5.49. The van der Waals surface area contributed by atoms with Gasteiger partial charge in [0.15, 0.2) is 0 Å². The number of nitrogens with one attached hydrogen (secondary N) is 1. The molecule has 4 nitrogen and oxygen atoms in total. The molecule has 2 aromatic carbocycles. The molecule has 0 radical (unpaired) electrons. The summed E-state index contributed by atoms with van der Waals surface area (Å²) < 4.78 is 0. The molecule has 0 aliphatic rings. The molecule has 0 amide bonds. The van der Waals surface area contributed by atoms with E-state index < -0.39 is 6.04 Å². The molecule has 0 aliphatic carbocycles. The zero-order valence-corrected chi connectivity index (χ0v) is 17.6. The van der Waals surface area contributed by atoms with E-state index in [0.29, 0.717) is 37.4 Å². The van der Waals surface area contributed by atoms with E-state index in [1.807, 2.05) is 37.3 Å². The summed E-state index contributed by atoms with van der Waals surface area (Å²) in [6, 6.07) is 15.7. The van der Waals surface area contributed by atoms with E-state index in [1.165, 1.54) is 0 Å². The van der Waals surface area contributed by atoms with Crippen molar-refractivity contribution in [1.82, 2.24) is 9.97 Å². The fraction of sp³-hybridized carbons (Fsp3) is 0.0909. The van der Waals surface area contributed by atoms with Crippen molar-refractivity contribution in [2.75, 3.05) is 5.32 Å². The lowest BCUT2D eigenvalue weighted by molar-refractivity contribution is 0.471. The summed E-state index contributed by atoms with van der Waals surface area (Å²) in [5, 5.41) is 16.5. The van der Waals surface area contributed by atoms with Crippen LogP contribution in [0.2, 0.25) is 15.1 Å². The SMILES string of the molecule is Cc1cccc(NC(c2ccc(Cl)cc2Cl)c2cc(Cl)c3cccnc3c2O)n1. The lowest BCUT2D eigenvalue weighted by atomic mass is 9.96. The van der Waals surface area contributed by atoms with Crippen LogP contribution in [-0.2, 0) is 0 Å². The number of nitrogens with zero attached hydrogens (tertiary/aromatic N) is 2. The van der Waals surface area contributed by atoms with E-state index in [0.717, 1.165) is 11.3 Å². The number of aromatic hydroxyl groups is 1. The molecule has 0 fully saturated rings. The summed E-state index contributed by atoms with van der Waals surface area (Å²) >= 11 is 19.1. The van der Waals surface area contributed by atoms with Crippen LogP contribution in [0, 0.1) is 6.92 Å². The van der Waals surface area contributed by atoms with E-state index >= 15 is 0 Å². The first-order chi connectivity index (χ1) is 13.9. The van der Waals surface area contributed by atoms with Gasteiger partial charge in [-0.15, -0.1) is 0 Å². The van der Waals surface area contributed by atoms with Crippen LogP contribution < -0.4 is 5.32 Å². The third kappa shape index (κ3) is 3.97. The number of anilines is 1. The van der Waals surface area contributed by atoms with Crippen LogP contribution >= 0.6 is 34.8 Å². The molecule has 0 spiro atoms. The van der Waals surface area contributed by atoms with Crippen LogP contribution in [0.1, 0.15) is 22.9 Å². The Hall–Kier alpha value is -2.53. The Kier molecular flexibility index (Phi) is 5.50. The second kappa shape index (κ2) is 8.07. The first-order valence-electron chi connectivity index (χ1n) is 8.85. The lowest BCUT2D eigenvalue weighted by Crippen LogP contribution is -2.14. The Morgan fingerprint density at radius 3 is 2.52 bits per heavy atom. The molecule has 1 atom stereocenters. The van der Waals surface area contributed by atoms with Crippen molar-refractivity contribution in [3.8, 4) is 5.75 Å². The predicted octanol–water partition coefficient (Wildman–Crippen LogP) is 6.81. The molecule has 146 valence electrons. The van der Waals surface area contributed by atoms with Crippen LogP contribution in [-0.4, -0.2) is 15.1 Å². The number of aryl methyl sites for hydroxylation is 1. The molecule has 4 rings (SSSR count). The maximum Gasteiger partial charge on any atom is 0.147 e. The fourth-order valence-electron chi connectivity index (χ4n) is 3.26. The minimum atomic E-state index is -0.530. The van der Waals surface area contributed by atoms with Crippen LogP contribution in [0.25, 0.3) is 10.9 Å². The number of aromatic nitrogens is 2. The molecule has 2 aromatic heterocycles. The van der Waals surface area contributed by atoms with Crippen molar-refractivity contribution in [2.45, 2.75) is 13.0 Å². The van der Waals surface area contributed by atoms with E-state index in [4.69, 9.17) is 34.8 Å². The van der Waals surface area contributed by atoms with Gasteiger partial charge >= 0.3 is 0 Å². The molecule has 29 heavy (non-hydrogen) atoms. The van der Waals surface area contributed by atoms with Crippen molar-refractivity contribution in [1.29, 1.82) is 0 Å². The van der Waals surface area contributed by atoms with Crippen LogP contribution in [0.4, 0.5) is 5.82 Å². The molecule has 0 saturated carbocycles. The van der Waals surface area contributed by atoms with Gasteiger partial charge in [0.25, 0.3) is 0 Å². The average Bonchev–Trinajstić information content (AvgIpc) is 2.70. The molecular formula is C22H16Cl3N3O. The molecule has 4 aromatic rings. The number of benzene rings is 2. The van der Waals surface area contributed by atoms with Gasteiger partial charge in [-0.1, -0.05) is 46.9 Å². The molecule has 2 heterocycles. The number of phenols is 1. The number of phenolic OH excluding ortho intramolecular Hbond substituents is 1. The van der Waals surface area contributed by atoms with E-state index in [-0.39, 0.29) is 5.75 Å². The number of pyridine rings is 2. The summed E-state index contributed by atoms with van der Waals surface area (Å²) in [5.74, 6) is 0.666. The Balaban J connectivity index is 1.93. The van der Waals surface area contributed by atoms with Gasteiger partial charge in [-0.05, 0) is 55.0 Å². The number of rotatable bonds is 4. The standard InChI is InChI=1S/C22H16Cl3N3O/c1-12-4-2-6-19(27-12)28-20(15-8-7-13(23)10-17(15)24)16-11-18(25)14-5-3-9-26-21(14)22(16)29/h2-11,20,29H,1H3,(H,27,28). The van der Waals surface area contributed by atoms with Gasteiger partial charge in [0.05, 0.1) is 11.1 Å². The minimum absolute atomic E-state index is 0.0289. The molecular weight excluding hydrogens is 429 g/mol.